The summed E-state index contributed by atoms with van der Waals surface area (Å²) in [6.45, 7) is 0. The summed E-state index contributed by atoms with van der Waals surface area (Å²) < 4.78 is 13.6. The van der Waals surface area contributed by atoms with E-state index < -0.39 is 0 Å². The molecule has 16 heavy (non-hydrogen) atoms. The summed E-state index contributed by atoms with van der Waals surface area (Å²) in [5.74, 6) is 0.211. The van der Waals surface area contributed by atoms with E-state index in [2.05, 4.69) is 10.3 Å². The Labute approximate surface area is 98.5 Å². The molecule has 0 bridgehead atoms. The molecule has 3 nitrogen and oxygen atoms in total. The molecule has 0 aliphatic heterocycles. The highest BCUT2D eigenvalue weighted by molar-refractivity contribution is 6.31. The number of nitrogens with zero attached hydrogens (tertiary/aromatic N) is 1. The van der Waals surface area contributed by atoms with Crippen molar-refractivity contribution < 1.29 is 4.39 Å². The first-order valence-electron chi connectivity index (χ1n) is 5.06. The molecule has 1 saturated carbocycles. The number of hydrogen-bond donors (Lipinski definition) is 2. The van der Waals surface area contributed by atoms with Crippen molar-refractivity contribution in [2.45, 2.75) is 18.4 Å². The van der Waals surface area contributed by atoms with Crippen LogP contribution in [0.4, 0.5) is 4.39 Å². The molecule has 1 aromatic rings. The van der Waals surface area contributed by atoms with Gasteiger partial charge in [-0.05, 0) is 18.6 Å². The average Bonchev–Trinajstić information content (AvgIpc) is 2.97. The second-order valence-electron chi connectivity index (χ2n) is 3.84. The van der Waals surface area contributed by atoms with Crippen molar-refractivity contribution in [1.29, 1.82) is 0 Å². The topological polar surface area (TPSA) is 50.4 Å². The molecule has 2 rings (SSSR count). The highest BCUT2D eigenvalue weighted by Crippen LogP contribution is 2.44. The number of guanidine groups is 1. The fourth-order valence-corrected chi connectivity index (χ4v) is 2.10. The van der Waals surface area contributed by atoms with Gasteiger partial charge in [-0.1, -0.05) is 17.7 Å². The second kappa shape index (κ2) is 4.29. The van der Waals surface area contributed by atoms with E-state index in [1.807, 2.05) is 0 Å². The van der Waals surface area contributed by atoms with Gasteiger partial charge in [0.15, 0.2) is 5.96 Å². The molecule has 0 spiro atoms. The Hall–Kier alpha value is -1.29. The van der Waals surface area contributed by atoms with Gasteiger partial charge in [0.05, 0.1) is 0 Å². The summed E-state index contributed by atoms with van der Waals surface area (Å²) in [6, 6.07) is 4.87. The Morgan fingerprint density at radius 2 is 2.38 bits per heavy atom. The van der Waals surface area contributed by atoms with E-state index in [9.17, 15) is 4.39 Å². The monoisotopic (exact) mass is 241 g/mol. The molecule has 2 atom stereocenters. The maximum atomic E-state index is 13.6. The highest BCUT2D eigenvalue weighted by atomic mass is 35.5. The number of hydrogen-bond acceptors (Lipinski definition) is 1. The predicted octanol–water partition coefficient (Wildman–Crippen LogP) is 1.87. The van der Waals surface area contributed by atoms with Crippen molar-refractivity contribution in [2.75, 3.05) is 7.05 Å². The Kier molecular flexibility index (Phi) is 3.01. The standard InChI is InChI=1S/C11H13ClFN3/c1-15-11(14)16-9-5-6(9)10-7(12)3-2-4-8(10)13/h2-4,6,9H,5H2,1H3,(H3,14,15,16). The lowest BCUT2D eigenvalue weighted by atomic mass is 10.1. The first-order chi connectivity index (χ1) is 7.63. The highest BCUT2D eigenvalue weighted by Gasteiger charge is 2.41. The summed E-state index contributed by atoms with van der Waals surface area (Å²) in [5.41, 5.74) is 6.12. The number of halogens is 2. The minimum Gasteiger partial charge on any atom is -0.370 e. The molecule has 0 amide bonds. The van der Waals surface area contributed by atoms with Gasteiger partial charge in [-0.15, -0.1) is 0 Å². The summed E-state index contributed by atoms with van der Waals surface area (Å²) in [7, 11) is 1.61. The summed E-state index contributed by atoms with van der Waals surface area (Å²) in [5, 5.41) is 3.48. The maximum Gasteiger partial charge on any atom is 0.188 e. The molecular weight excluding hydrogens is 229 g/mol. The van der Waals surface area contributed by atoms with Crippen LogP contribution in [0.2, 0.25) is 5.02 Å². The molecule has 1 aliphatic carbocycles. The molecular formula is C11H13ClFN3. The Morgan fingerprint density at radius 3 is 3.00 bits per heavy atom. The maximum absolute atomic E-state index is 13.6. The van der Waals surface area contributed by atoms with Gasteiger partial charge in [-0.3, -0.25) is 4.99 Å². The molecule has 5 heteroatoms. The van der Waals surface area contributed by atoms with Gasteiger partial charge in [0.2, 0.25) is 0 Å². The molecule has 0 aromatic heterocycles. The van der Waals surface area contributed by atoms with Crippen molar-refractivity contribution in [2.24, 2.45) is 10.7 Å². The molecule has 0 radical (unpaired) electrons. The van der Waals surface area contributed by atoms with Gasteiger partial charge < -0.3 is 11.1 Å². The normalized spacial score (nSPS) is 24.3. The third kappa shape index (κ3) is 2.11. The van der Waals surface area contributed by atoms with Gasteiger partial charge in [-0.25, -0.2) is 4.39 Å². The minimum atomic E-state index is -0.256. The van der Waals surface area contributed by atoms with Gasteiger partial charge in [0.25, 0.3) is 0 Å². The Bertz CT molecular complexity index is 413. The number of benzene rings is 1. The SMILES string of the molecule is CN=C(N)NC1CC1c1c(F)cccc1Cl. The fraction of sp³-hybridized carbons (Fsp3) is 0.364. The average molecular weight is 242 g/mol. The summed E-state index contributed by atoms with van der Waals surface area (Å²) >= 11 is 5.97. The number of aliphatic imine (C=N–C) groups is 1. The molecule has 1 fully saturated rings. The molecule has 2 unspecified atom stereocenters. The van der Waals surface area contributed by atoms with Crippen LogP contribution < -0.4 is 11.1 Å². The van der Waals surface area contributed by atoms with E-state index in [-0.39, 0.29) is 17.8 Å². The van der Waals surface area contributed by atoms with Crippen LogP contribution in [0.5, 0.6) is 0 Å². The summed E-state index contributed by atoms with van der Waals surface area (Å²) in [4.78, 5) is 3.80. The molecule has 0 saturated heterocycles. The van der Waals surface area contributed by atoms with Crippen LogP contribution in [0.25, 0.3) is 0 Å². The van der Waals surface area contributed by atoms with Crippen molar-refractivity contribution in [3.05, 3.63) is 34.6 Å². The molecule has 86 valence electrons. The van der Waals surface area contributed by atoms with E-state index >= 15 is 0 Å². The smallest absolute Gasteiger partial charge is 0.188 e. The van der Waals surface area contributed by atoms with Crippen molar-refractivity contribution in [1.82, 2.24) is 5.32 Å². The van der Waals surface area contributed by atoms with E-state index in [1.165, 1.54) is 6.07 Å². The number of nitrogens with one attached hydrogen (secondary N) is 1. The lowest BCUT2D eigenvalue weighted by Gasteiger charge is -2.06. The summed E-state index contributed by atoms with van der Waals surface area (Å²) in [6.07, 6.45) is 0.830. The second-order valence-corrected chi connectivity index (χ2v) is 4.24. The Morgan fingerprint density at radius 1 is 1.62 bits per heavy atom. The molecule has 1 aromatic carbocycles. The minimum absolute atomic E-state index is 0.0917. The number of nitrogens with two attached hydrogens (primary N) is 1. The van der Waals surface area contributed by atoms with Gasteiger partial charge >= 0.3 is 0 Å². The number of rotatable bonds is 2. The quantitative estimate of drug-likeness (QED) is 0.614. The van der Waals surface area contributed by atoms with Crippen LogP contribution in [0.15, 0.2) is 23.2 Å². The van der Waals surface area contributed by atoms with Gasteiger partial charge in [0, 0.05) is 29.6 Å². The van der Waals surface area contributed by atoms with Crippen LogP contribution in [0.3, 0.4) is 0 Å². The third-order valence-corrected chi connectivity index (χ3v) is 3.06. The third-order valence-electron chi connectivity index (χ3n) is 2.74. The molecule has 0 heterocycles. The van der Waals surface area contributed by atoms with Crippen LogP contribution >= 0.6 is 11.6 Å². The predicted molar refractivity (Wildman–Crippen MR) is 63.2 cm³/mol. The molecule has 1 aliphatic rings. The van der Waals surface area contributed by atoms with Crippen molar-refractivity contribution in [3.63, 3.8) is 0 Å². The lowest BCUT2D eigenvalue weighted by molar-refractivity contribution is 0.608. The van der Waals surface area contributed by atoms with Gasteiger partial charge in [0.1, 0.15) is 5.82 Å². The van der Waals surface area contributed by atoms with Gasteiger partial charge in [-0.2, -0.15) is 0 Å². The fourth-order valence-electron chi connectivity index (χ4n) is 1.79. The first-order valence-corrected chi connectivity index (χ1v) is 5.44. The zero-order valence-electron chi connectivity index (χ0n) is 8.87. The van der Waals surface area contributed by atoms with Crippen LogP contribution in [-0.4, -0.2) is 19.0 Å². The zero-order valence-corrected chi connectivity index (χ0v) is 9.63. The van der Waals surface area contributed by atoms with E-state index in [0.717, 1.165) is 6.42 Å². The largest absolute Gasteiger partial charge is 0.370 e. The van der Waals surface area contributed by atoms with Crippen LogP contribution in [0, 0.1) is 5.82 Å². The van der Waals surface area contributed by atoms with Crippen molar-refractivity contribution >= 4 is 17.6 Å². The van der Waals surface area contributed by atoms with E-state index in [0.29, 0.717) is 16.5 Å². The molecule has 3 N–H and O–H groups in total. The zero-order chi connectivity index (χ0) is 11.7. The van der Waals surface area contributed by atoms with Crippen LogP contribution in [-0.2, 0) is 0 Å². The van der Waals surface area contributed by atoms with Crippen LogP contribution in [0.1, 0.15) is 17.9 Å². The van der Waals surface area contributed by atoms with Crippen molar-refractivity contribution in [3.8, 4) is 0 Å². The Balaban J connectivity index is 2.12. The van der Waals surface area contributed by atoms with E-state index in [4.69, 9.17) is 17.3 Å². The lowest BCUT2D eigenvalue weighted by Crippen LogP contribution is -2.33. The first kappa shape index (κ1) is 11.2. The van der Waals surface area contributed by atoms with E-state index in [1.54, 1.807) is 19.2 Å².